The van der Waals surface area contributed by atoms with E-state index in [1.165, 1.54) is 18.2 Å². The predicted octanol–water partition coefficient (Wildman–Crippen LogP) is 4.40. The summed E-state index contributed by atoms with van der Waals surface area (Å²) < 4.78 is 10.9. The second-order valence-electron chi connectivity index (χ2n) is 7.45. The van der Waals surface area contributed by atoms with Gasteiger partial charge in [0.1, 0.15) is 0 Å². The maximum Gasteiger partial charge on any atom is 0.346 e. The minimum Gasteiger partial charge on any atom is -0.493 e. The number of nitro benzene ring substituents is 2. The highest BCUT2D eigenvalue weighted by molar-refractivity contribution is 6.15. The molecule has 4 rings (SSSR count). The topological polar surface area (TPSA) is 117 Å². The van der Waals surface area contributed by atoms with Crippen LogP contribution >= 0.6 is 0 Å². The van der Waals surface area contributed by atoms with Gasteiger partial charge in [0.2, 0.25) is 0 Å². The van der Waals surface area contributed by atoms with Crippen molar-refractivity contribution in [3.8, 4) is 11.5 Å². The summed E-state index contributed by atoms with van der Waals surface area (Å²) in [6.07, 6.45) is 4.12. The van der Waals surface area contributed by atoms with Crippen LogP contribution in [-0.2, 0) is 0 Å². The highest BCUT2D eigenvalue weighted by Crippen LogP contribution is 2.45. The smallest absolute Gasteiger partial charge is 0.346 e. The Morgan fingerprint density at radius 3 is 2.27 bits per heavy atom. The lowest BCUT2D eigenvalue weighted by molar-refractivity contribution is -0.422. The molecule has 1 aliphatic carbocycles. The zero-order chi connectivity index (χ0) is 21.4. The van der Waals surface area contributed by atoms with Crippen molar-refractivity contribution in [2.45, 2.75) is 37.6 Å². The van der Waals surface area contributed by atoms with Crippen molar-refractivity contribution in [1.82, 2.24) is 0 Å². The van der Waals surface area contributed by atoms with Crippen molar-refractivity contribution in [2.75, 3.05) is 14.2 Å². The van der Waals surface area contributed by atoms with Gasteiger partial charge >= 0.3 is 11.4 Å². The van der Waals surface area contributed by atoms with Crippen LogP contribution in [0.4, 0.5) is 11.4 Å². The van der Waals surface area contributed by atoms with E-state index in [2.05, 4.69) is 0 Å². The molecule has 2 aliphatic rings. The summed E-state index contributed by atoms with van der Waals surface area (Å²) in [5, 5.41) is 22.6. The molecule has 1 fully saturated rings. The van der Waals surface area contributed by atoms with Crippen LogP contribution in [0.5, 0.6) is 11.5 Å². The van der Waals surface area contributed by atoms with Crippen molar-refractivity contribution in [3.05, 3.63) is 67.3 Å². The number of rotatable bonds is 5. The summed E-state index contributed by atoms with van der Waals surface area (Å²) in [5.74, 6) is 1.40. The molecule has 0 amide bonds. The van der Waals surface area contributed by atoms with Crippen LogP contribution in [0, 0.1) is 20.2 Å². The summed E-state index contributed by atoms with van der Waals surface area (Å²) in [5.41, 5.74) is 1.87. The van der Waals surface area contributed by atoms with E-state index in [1.807, 2.05) is 12.1 Å². The Labute approximate surface area is 172 Å². The molecule has 0 aromatic heterocycles. The van der Waals surface area contributed by atoms with Crippen LogP contribution in [0.2, 0.25) is 0 Å². The average molecular weight is 411 g/mol. The SMILES string of the molecule is COc1cc2c(cc1OC)C1CCCCC1N=C2c1ccc([N+](=O)[O-])c([N+](=O)[O-])c1. The van der Waals surface area contributed by atoms with Crippen molar-refractivity contribution in [1.29, 1.82) is 0 Å². The molecule has 1 aliphatic heterocycles. The van der Waals surface area contributed by atoms with E-state index in [9.17, 15) is 20.2 Å². The fraction of sp³-hybridized carbons (Fsp3) is 0.381. The van der Waals surface area contributed by atoms with Crippen LogP contribution in [0.25, 0.3) is 0 Å². The molecule has 156 valence electrons. The average Bonchev–Trinajstić information content (AvgIpc) is 2.76. The van der Waals surface area contributed by atoms with Gasteiger partial charge < -0.3 is 9.47 Å². The zero-order valence-electron chi connectivity index (χ0n) is 16.7. The van der Waals surface area contributed by atoms with Crippen LogP contribution in [0.15, 0.2) is 35.3 Å². The molecule has 1 heterocycles. The van der Waals surface area contributed by atoms with E-state index >= 15 is 0 Å². The molecule has 1 saturated carbocycles. The molecule has 0 bridgehead atoms. The molecule has 0 saturated heterocycles. The largest absolute Gasteiger partial charge is 0.493 e. The quantitative estimate of drug-likeness (QED) is 0.532. The van der Waals surface area contributed by atoms with Gasteiger partial charge in [-0.05, 0) is 36.6 Å². The second-order valence-corrected chi connectivity index (χ2v) is 7.45. The Bertz CT molecular complexity index is 1060. The van der Waals surface area contributed by atoms with E-state index in [1.54, 1.807) is 14.2 Å². The number of benzene rings is 2. The Balaban J connectivity index is 1.92. The summed E-state index contributed by atoms with van der Waals surface area (Å²) >= 11 is 0. The third-order valence-electron chi connectivity index (χ3n) is 5.88. The molecule has 2 atom stereocenters. The lowest BCUT2D eigenvalue weighted by Gasteiger charge is -2.35. The highest BCUT2D eigenvalue weighted by Gasteiger charge is 2.35. The number of fused-ring (bicyclic) bond motifs is 3. The molecule has 2 aromatic rings. The standard InChI is InChI=1S/C21H21N3O6/c1-29-19-10-14-13-5-3-4-6-16(13)22-21(15(14)11-20(19)30-2)12-7-8-17(23(25)26)18(9-12)24(27)28/h7-11,13,16H,3-6H2,1-2H3. The van der Waals surface area contributed by atoms with Gasteiger partial charge in [-0.25, -0.2) is 0 Å². The van der Waals surface area contributed by atoms with Crippen molar-refractivity contribution in [2.24, 2.45) is 4.99 Å². The molecule has 2 unspecified atom stereocenters. The maximum atomic E-state index is 11.4. The van der Waals surface area contributed by atoms with Gasteiger partial charge in [0.15, 0.2) is 11.5 Å². The van der Waals surface area contributed by atoms with Crippen molar-refractivity contribution < 1.29 is 19.3 Å². The Morgan fingerprint density at radius 1 is 0.933 bits per heavy atom. The first-order valence-electron chi connectivity index (χ1n) is 9.72. The summed E-state index contributed by atoms with van der Waals surface area (Å²) in [6, 6.07) is 7.79. The molecule has 0 spiro atoms. The van der Waals surface area contributed by atoms with Gasteiger partial charge in [-0.15, -0.1) is 0 Å². The number of aliphatic imine (C=N–C) groups is 1. The van der Waals surface area contributed by atoms with Gasteiger partial charge in [0, 0.05) is 29.2 Å². The number of methoxy groups -OCH3 is 2. The third kappa shape index (κ3) is 3.26. The van der Waals surface area contributed by atoms with Crippen LogP contribution in [-0.4, -0.2) is 35.8 Å². The number of hydrogen-bond donors (Lipinski definition) is 0. The van der Waals surface area contributed by atoms with Crippen molar-refractivity contribution in [3.63, 3.8) is 0 Å². The first-order chi connectivity index (χ1) is 14.4. The van der Waals surface area contributed by atoms with Crippen molar-refractivity contribution >= 4 is 17.1 Å². The molecular formula is C21H21N3O6. The minimum absolute atomic E-state index is 0.0635. The predicted molar refractivity (Wildman–Crippen MR) is 110 cm³/mol. The zero-order valence-corrected chi connectivity index (χ0v) is 16.7. The Kier molecular flexibility index (Phi) is 5.11. The lowest BCUT2D eigenvalue weighted by atomic mass is 9.75. The van der Waals surface area contributed by atoms with Gasteiger partial charge in [0.25, 0.3) is 0 Å². The fourth-order valence-corrected chi connectivity index (χ4v) is 4.47. The lowest BCUT2D eigenvalue weighted by Crippen LogP contribution is -2.29. The normalized spacial score (nSPS) is 19.9. The van der Waals surface area contributed by atoms with Crippen LogP contribution < -0.4 is 9.47 Å². The fourth-order valence-electron chi connectivity index (χ4n) is 4.47. The number of nitro groups is 2. The molecule has 0 N–H and O–H groups in total. The van der Waals surface area contributed by atoms with Crippen LogP contribution in [0.1, 0.15) is 48.3 Å². The molecular weight excluding hydrogens is 390 g/mol. The monoisotopic (exact) mass is 411 g/mol. The molecule has 9 nitrogen and oxygen atoms in total. The number of hydrogen-bond acceptors (Lipinski definition) is 7. The van der Waals surface area contributed by atoms with E-state index < -0.39 is 21.2 Å². The van der Waals surface area contributed by atoms with E-state index in [4.69, 9.17) is 14.5 Å². The Hall–Kier alpha value is -3.49. The third-order valence-corrected chi connectivity index (χ3v) is 5.88. The van der Waals surface area contributed by atoms with Gasteiger partial charge in [0.05, 0.1) is 35.8 Å². The molecule has 0 radical (unpaired) electrons. The second kappa shape index (κ2) is 7.74. The Morgan fingerprint density at radius 2 is 1.60 bits per heavy atom. The summed E-state index contributed by atoms with van der Waals surface area (Å²) in [6.45, 7) is 0. The van der Waals surface area contributed by atoms with Crippen LogP contribution in [0.3, 0.4) is 0 Å². The van der Waals surface area contributed by atoms with E-state index in [0.717, 1.165) is 36.8 Å². The first kappa shape index (κ1) is 19.8. The van der Waals surface area contributed by atoms with Gasteiger partial charge in [-0.2, -0.15) is 0 Å². The molecule has 9 heteroatoms. The molecule has 30 heavy (non-hydrogen) atoms. The summed E-state index contributed by atoms with van der Waals surface area (Å²) in [4.78, 5) is 26.1. The van der Waals surface area contributed by atoms with E-state index in [0.29, 0.717) is 22.8 Å². The highest BCUT2D eigenvalue weighted by atomic mass is 16.6. The number of ether oxygens (including phenoxy) is 2. The van der Waals surface area contributed by atoms with Gasteiger partial charge in [-0.1, -0.05) is 12.8 Å². The minimum atomic E-state index is -0.746. The maximum absolute atomic E-state index is 11.4. The molecule has 2 aromatic carbocycles. The van der Waals surface area contributed by atoms with E-state index in [-0.39, 0.29) is 12.0 Å². The first-order valence-corrected chi connectivity index (χ1v) is 9.72. The van der Waals surface area contributed by atoms with Gasteiger partial charge in [-0.3, -0.25) is 25.2 Å². The summed E-state index contributed by atoms with van der Waals surface area (Å²) in [7, 11) is 3.13. The number of nitrogens with zero attached hydrogens (tertiary/aromatic N) is 3.